The van der Waals surface area contributed by atoms with Crippen molar-refractivity contribution in [2.24, 2.45) is 5.92 Å². The third-order valence-electron chi connectivity index (χ3n) is 3.78. The van der Waals surface area contributed by atoms with Gasteiger partial charge in [-0.15, -0.1) is 0 Å². The number of likely N-dealkylation sites (N-methyl/N-ethyl adjacent to an activating group) is 1. The minimum absolute atomic E-state index is 0.0148. The fraction of sp³-hybridized carbons (Fsp3) is 0.750. The summed E-state index contributed by atoms with van der Waals surface area (Å²) in [6.45, 7) is 0.751. The van der Waals surface area contributed by atoms with Crippen LogP contribution in [0.3, 0.4) is 0 Å². The van der Waals surface area contributed by atoms with E-state index in [0.717, 1.165) is 0 Å². The number of carbonyl (C=O) groups is 3. The van der Waals surface area contributed by atoms with Crippen LogP contribution in [0.15, 0.2) is 0 Å². The number of carboxylic acid groups (broad SMARTS) is 1. The Balaban J connectivity index is 1.88. The number of amides is 3. The molecule has 2 heterocycles. The highest BCUT2D eigenvalue weighted by Crippen LogP contribution is 2.19. The summed E-state index contributed by atoms with van der Waals surface area (Å²) in [4.78, 5) is 35.6. The summed E-state index contributed by atoms with van der Waals surface area (Å²) in [5.41, 5.74) is 0. The van der Waals surface area contributed by atoms with Gasteiger partial charge >= 0.3 is 12.0 Å². The highest BCUT2D eigenvalue weighted by molar-refractivity contribution is 5.79. The SMILES string of the molecule is CN(C(=O)NC1CCC(=O)NC1)C1COCC1C(=O)O. The van der Waals surface area contributed by atoms with E-state index >= 15 is 0 Å². The van der Waals surface area contributed by atoms with Gasteiger partial charge in [0.15, 0.2) is 0 Å². The average molecular weight is 285 g/mol. The predicted molar refractivity (Wildman–Crippen MR) is 68.1 cm³/mol. The minimum Gasteiger partial charge on any atom is -0.481 e. The smallest absolute Gasteiger partial charge is 0.317 e. The van der Waals surface area contributed by atoms with E-state index in [4.69, 9.17) is 9.84 Å². The molecule has 8 heteroatoms. The molecule has 0 aliphatic carbocycles. The molecule has 2 aliphatic heterocycles. The molecule has 3 N–H and O–H groups in total. The predicted octanol–water partition coefficient (Wildman–Crippen LogP) is -0.994. The third kappa shape index (κ3) is 3.19. The van der Waals surface area contributed by atoms with Crippen LogP contribution in [0.1, 0.15) is 12.8 Å². The van der Waals surface area contributed by atoms with E-state index in [1.165, 1.54) is 4.90 Å². The quantitative estimate of drug-likeness (QED) is 0.617. The number of ether oxygens (including phenoxy) is 1. The molecular formula is C12H19N3O5. The van der Waals surface area contributed by atoms with Crippen LogP contribution >= 0.6 is 0 Å². The van der Waals surface area contributed by atoms with Gasteiger partial charge in [0.05, 0.1) is 19.3 Å². The maximum Gasteiger partial charge on any atom is 0.317 e. The molecule has 3 atom stereocenters. The highest BCUT2D eigenvalue weighted by Gasteiger charge is 2.38. The Bertz CT molecular complexity index is 404. The summed E-state index contributed by atoms with van der Waals surface area (Å²) in [5, 5.41) is 14.6. The fourth-order valence-electron chi connectivity index (χ4n) is 2.44. The van der Waals surface area contributed by atoms with Crippen molar-refractivity contribution in [3.63, 3.8) is 0 Å². The molecule has 20 heavy (non-hydrogen) atoms. The summed E-state index contributed by atoms with van der Waals surface area (Å²) >= 11 is 0. The van der Waals surface area contributed by atoms with Crippen molar-refractivity contribution in [1.82, 2.24) is 15.5 Å². The molecule has 3 unspecified atom stereocenters. The first-order chi connectivity index (χ1) is 9.49. The van der Waals surface area contributed by atoms with Gasteiger partial charge in [-0.3, -0.25) is 9.59 Å². The summed E-state index contributed by atoms with van der Waals surface area (Å²) in [6, 6.07) is -0.924. The van der Waals surface area contributed by atoms with Crippen LogP contribution < -0.4 is 10.6 Å². The van der Waals surface area contributed by atoms with E-state index < -0.39 is 17.9 Å². The summed E-state index contributed by atoms with van der Waals surface area (Å²) in [6.07, 6.45) is 0.980. The molecular weight excluding hydrogens is 266 g/mol. The zero-order valence-electron chi connectivity index (χ0n) is 11.3. The highest BCUT2D eigenvalue weighted by atomic mass is 16.5. The summed E-state index contributed by atoms with van der Waals surface area (Å²) in [7, 11) is 1.56. The molecule has 3 amide bonds. The van der Waals surface area contributed by atoms with Crippen LogP contribution in [-0.2, 0) is 14.3 Å². The Morgan fingerprint density at radius 3 is 2.80 bits per heavy atom. The maximum atomic E-state index is 12.1. The number of nitrogens with one attached hydrogen (secondary N) is 2. The lowest BCUT2D eigenvalue weighted by atomic mass is 10.0. The van der Waals surface area contributed by atoms with Gasteiger partial charge in [0.2, 0.25) is 5.91 Å². The van der Waals surface area contributed by atoms with Crippen molar-refractivity contribution in [3.8, 4) is 0 Å². The first-order valence-corrected chi connectivity index (χ1v) is 6.59. The van der Waals surface area contributed by atoms with Gasteiger partial charge in [-0.25, -0.2) is 4.79 Å². The first-order valence-electron chi connectivity index (χ1n) is 6.59. The molecule has 0 saturated carbocycles. The van der Waals surface area contributed by atoms with Crippen LogP contribution in [0.2, 0.25) is 0 Å². The zero-order chi connectivity index (χ0) is 14.7. The number of nitrogens with zero attached hydrogens (tertiary/aromatic N) is 1. The van der Waals surface area contributed by atoms with Crippen LogP contribution in [0.25, 0.3) is 0 Å². The second kappa shape index (κ2) is 6.08. The summed E-state index contributed by atoms with van der Waals surface area (Å²) < 4.78 is 5.15. The number of hydrogen-bond donors (Lipinski definition) is 3. The summed E-state index contributed by atoms with van der Waals surface area (Å²) in [5.74, 6) is -1.67. The van der Waals surface area contributed by atoms with Crippen molar-refractivity contribution in [1.29, 1.82) is 0 Å². The van der Waals surface area contributed by atoms with Crippen molar-refractivity contribution < 1.29 is 24.2 Å². The van der Waals surface area contributed by atoms with Crippen molar-refractivity contribution >= 4 is 17.9 Å². The number of hydrogen-bond acceptors (Lipinski definition) is 4. The van der Waals surface area contributed by atoms with E-state index in [0.29, 0.717) is 19.4 Å². The lowest BCUT2D eigenvalue weighted by Gasteiger charge is -2.30. The van der Waals surface area contributed by atoms with Crippen molar-refractivity contribution in [2.45, 2.75) is 24.9 Å². The molecule has 2 fully saturated rings. The normalized spacial score (nSPS) is 29.6. The number of urea groups is 1. The molecule has 112 valence electrons. The van der Waals surface area contributed by atoms with Crippen LogP contribution in [-0.4, -0.2) is 66.8 Å². The molecule has 0 aromatic rings. The maximum absolute atomic E-state index is 12.1. The third-order valence-corrected chi connectivity index (χ3v) is 3.78. The molecule has 2 rings (SSSR count). The number of carbonyl (C=O) groups excluding carboxylic acids is 2. The Morgan fingerprint density at radius 2 is 2.20 bits per heavy atom. The van der Waals surface area contributed by atoms with Gasteiger partial charge in [-0.05, 0) is 6.42 Å². The number of piperidine rings is 1. The number of aliphatic carboxylic acids is 1. The van der Waals surface area contributed by atoms with E-state index in [2.05, 4.69) is 10.6 Å². The number of carboxylic acids is 1. The first kappa shape index (κ1) is 14.6. The Morgan fingerprint density at radius 1 is 1.45 bits per heavy atom. The van der Waals surface area contributed by atoms with Gasteiger partial charge in [-0.1, -0.05) is 0 Å². The second-order valence-electron chi connectivity index (χ2n) is 5.15. The fourth-order valence-corrected chi connectivity index (χ4v) is 2.44. The van der Waals surface area contributed by atoms with E-state index in [9.17, 15) is 14.4 Å². The molecule has 8 nitrogen and oxygen atoms in total. The monoisotopic (exact) mass is 285 g/mol. The van der Waals surface area contributed by atoms with Gasteiger partial charge in [-0.2, -0.15) is 0 Å². The Labute approximate surface area is 116 Å². The molecule has 0 radical (unpaired) electrons. The molecule has 0 spiro atoms. The van der Waals surface area contributed by atoms with Gasteiger partial charge in [0.25, 0.3) is 0 Å². The number of rotatable bonds is 3. The van der Waals surface area contributed by atoms with E-state index in [1.807, 2.05) is 0 Å². The topological polar surface area (TPSA) is 108 Å². The van der Waals surface area contributed by atoms with Gasteiger partial charge in [0.1, 0.15) is 5.92 Å². The molecule has 0 bridgehead atoms. The van der Waals surface area contributed by atoms with Gasteiger partial charge < -0.3 is 25.4 Å². The van der Waals surface area contributed by atoms with Crippen molar-refractivity contribution in [3.05, 3.63) is 0 Å². The zero-order valence-corrected chi connectivity index (χ0v) is 11.3. The van der Waals surface area contributed by atoms with Crippen LogP contribution in [0.5, 0.6) is 0 Å². The van der Waals surface area contributed by atoms with Crippen molar-refractivity contribution in [2.75, 3.05) is 26.8 Å². The second-order valence-corrected chi connectivity index (χ2v) is 5.15. The molecule has 0 aromatic carbocycles. The lowest BCUT2D eigenvalue weighted by molar-refractivity contribution is -0.142. The van der Waals surface area contributed by atoms with E-state index in [1.54, 1.807) is 7.05 Å². The van der Waals surface area contributed by atoms with Crippen LogP contribution in [0, 0.1) is 5.92 Å². The molecule has 2 saturated heterocycles. The van der Waals surface area contributed by atoms with Crippen LogP contribution in [0.4, 0.5) is 4.79 Å². The minimum atomic E-state index is -0.961. The standard InChI is InChI=1S/C12H19N3O5/c1-15(9-6-20-5-8(9)11(17)18)12(19)14-7-2-3-10(16)13-4-7/h7-9H,2-6H2,1H3,(H,13,16)(H,14,19)(H,17,18). The molecule has 2 aliphatic rings. The van der Waals surface area contributed by atoms with Gasteiger partial charge in [0, 0.05) is 26.1 Å². The molecule has 0 aromatic heterocycles. The Hall–Kier alpha value is -1.83. The lowest BCUT2D eigenvalue weighted by Crippen LogP contribution is -2.54. The Kier molecular flexibility index (Phi) is 4.43. The average Bonchev–Trinajstić information content (AvgIpc) is 2.90. The van der Waals surface area contributed by atoms with E-state index in [-0.39, 0.29) is 31.2 Å². The largest absolute Gasteiger partial charge is 0.481 e.